The largest absolute Gasteiger partial charge is 0.399 e. The summed E-state index contributed by atoms with van der Waals surface area (Å²) < 4.78 is 0.944. The summed E-state index contributed by atoms with van der Waals surface area (Å²) in [6.07, 6.45) is 0. The van der Waals surface area contributed by atoms with Crippen molar-refractivity contribution in [1.29, 1.82) is 0 Å². The lowest BCUT2D eigenvalue weighted by atomic mass is 9.96. The maximum atomic E-state index is 12.6. The molecule has 0 radical (unpaired) electrons. The fraction of sp³-hybridized carbons (Fsp3) is 0.125. The quantitative estimate of drug-likeness (QED) is 0.481. The fourth-order valence-corrected chi connectivity index (χ4v) is 2.20. The van der Waals surface area contributed by atoms with Crippen LogP contribution in [-0.4, -0.2) is 18.6 Å². The molecule has 0 aliphatic carbocycles. The number of oxime groups is 1. The summed E-state index contributed by atoms with van der Waals surface area (Å²) in [6, 6.07) is 14.7. The van der Waals surface area contributed by atoms with E-state index in [0.29, 0.717) is 16.8 Å². The van der Waals surface area contributed by atoms with Crippen LogP contribution in [0.15, 0.2) is 58.2 Å². The van der Waals surface area contributed by atoms with Gasteiger partial charge in [-0.2, -0.15) is 0 Å². The molecule has 0 bridgehead atoms. The lowest BCUT2D eigenvalue weighted by Crippen LogP contribution is -2.09. The van der Waals surface area contributed by atoms with Crippen LogP contribution in [-0.2, 0) is 4.84 Å². The molecule has 0 aromatic heterocycles. The molecule has 2 aromatic carbocycles. The molecule has 20 heavy (non-hydrogen) atoms. The number of rotatable bonds is 4. The third-order valence-electron chi connectivity index (χ3n) is 2.90. The first-order valence-corrected chi connectivity index (χ1v) is 6.90. The Labute approximate surface area is 126 Å². The molecule has 0 saturated heterocycles. The Bertz CT molecular complexity index is 648. The third kappa shape index (κ3) is 3.14. The molecule has 0 spiro atoms. The minimum atomic E-state index is -0.0289. The Morgan fingerprint density at radius 3 is 2.25 bits per heavy atom. The molecule has 2 aromatic rings. The van der Waals surface area contributed by atoms with Crippen LogP contribution in [0.2, 0.25) is 0 Å². The summed E-state index contributed by atoms with van der Waals surface area (Å²) in [6.45, 7) is 1.82. The van der Waals surface area contributed by atoms with Gasteiger partial charge in [0.1, 0.15) is 7.11 Å². The Morgan fingerprint density at radius 1 is 1.05 bits per heavy atom. The highest BCUT2D eigenvalue weighted by Gasteiger charge is 2.14. The summed E-state index contributed by atoms with van der Waals surface area (Å²) in [5.41, 5.74) is 2.72. The van der Waals surface area contributed by atoms with Gasteiger partial charge < -0.3 is 4.84 Å². The SMILES string of the molecule is CO/N=C(/C)c1ccccc1C(=O)c1ccc(Br)cc1. The Morgan fingerprint density at radius 2 is 1.65 bits per heavy atom. The topological polar surface area (TPSA) is 38.7 Å². The lowest BCUT2D eigenvalue weighted by Gasteiger charge is -2.08. The Balaban J connectivity index is 2.45. The van der Waals surface area contributed by atoms with Crippen molar-refractivity contribution < 1.29 is 9.63 Å². The lowest BCUT2D eigenvalue weighted by molar-refractivity contribution is 0.103. The number of carbonyl (C=O) groups is 1. The molecular weight excluding hydrogens is 318 g/mol. The van der Waals surface area contributed by atoms with Gasteiger partial charge in [0.25, 0.3) is 0 Å². The molecule has 0 saturated carbocycles. The van der Waals surface area contributed by atoms with Crippen LogP contribution >= 0.6 is 15.9 Å². The van der Waals surface area contributed by atoms with E-state index in [2.05, 4.69) is 21.1 Å². The molecule has 0 amide bonds. The molecule has 0 aliphatic rings. The van der Waals surface area contributed by atoms with Crippen molar-refractivity contribution in [3.8, 4) is 0 Å². The van der Waals surface area contributed by atoms with Gasteiger partial charge in [-0.3, -0.25) is 4.79 Å². The van der Waals surface area contributed by atoms with Crippen molar-refractivity contribution in [2.75, 3.05) is 7.11 Å². The molecule has 0 aliphatic heterocycles. The molecule has 0 atom stereocenters. The van der Waals surface area contributed by atoms with E-state index in [1.807, 2.05) is 37.3 Å². The second-order valence-electron chi connectivity index (χ2n) is 4.24. The van der Waals surface area contributed by atoms with Crippen molar-refractivity contribution in [3.63, 3.8) is 0 Å². The Kier molecular flexibility index (Phi) is 4.69. The number of ketones is 1. The van der Waals surface area contributed by atoms with Crippen LogP contribution in [0.3, 0.4) is 0 Å². The highest BCUT2D eigenvalue weighted by atomic mass is 79.9. The first-order chi connectivity index (χ1) is 9.63. The van der Waals surface area contributed by atoms with Crippen molar-refractivity contribution in [1.82, 2.24) is 0 Å². The number of benzene rings is 2. The molecule has 0 N–H and O–H groups in total. The molecule has 0 fully saturated rings. The van der Waals surface area contributed by atoms with Crippen molar-refractivity contribution in [3.05, 3.63) is 69.7 Å². The summed E-state index contributed by atoms with van der Waals surface area (Å²) >= 11 is 3.36. The van der Waals surface area contributed by atoms with Gasteiger partial charge in [-0.05, 0) is 31.2 Å². The average Bonchev–Trinajstić information content (AvgIpc) is 2.47. The third-order valence-corrected chi connectivity index (χ3v) is 3.42. The van der Waals surface area contributed by atoms with Gasteiger partial charge in [0.15, 0.2) is 5.78 Å². The number of hydrogen-bond donors (Lipinski definition) is 0. The number of hydrogen-bond acceptors (Lipinski definition) is 3. The van der Waals surface area contributed by atoms with E-state index in [1.165, 1.54) is 7.11 Å². The summed E-state index contributed by atoms with van der Waals surface area (Å²) in [7, 11) is 1.49. The van der Waals surface area contributed by atoms with Crippen LogP contribution < -0.4 is 0 Å². The standard InChI is InChI=1S/C16H14BrNO2/c1-11(18-20-2)14-5-3-4-6-15(14)16(19)12-7-9-13(17)10-8-12/h3-10H,1-2H3/b18-11-. The van der Waals surface area contributed by atoms with Gasteiger partial charge in [-0.25, -0.2) is 0 Å². The smallest absolute Gasteiger partial charge is 0.193 e. The van der Waals surface area contributed by atoms with Crippen LogP contribution in [0.4, 0.5) is 0 Å². The van der Waals surface area contributed by atoms with Crippen LogP contribution in [0.5, 0.6) is 0 Å². The van der Waals surface area contributed by atoms with Gasteiger partial charge in [0, 0.05) is 21.2 Å². The van der Waals surface area contributed by atoms with E-state index in [4.69, 9.17) is 4.84 Å². The Hall–Kier alpha value is -1.94. The van der Waals surface area contributed by atoms with Gasteiger partial charge in [0.2, 0.25) is 0 Å². The maximum Gasteiger partial charge on any atom is 0.193 e. The van der Waals surface area contributed by atoms with E-state index in [0.717, 1.165) is 10.0 Å². The molecule has 2 rings (SSSR count). The molecule has 102 valence electrons. The number of nitrogens with zero attached hydrogens (tertiary/aromatic N) is 1. The van der Waals surface area contributed by atoms with Gasteiger partial charge in [-0.1, -0.05) is 45.4 Å². The van der Waals surface area contributed by atoms with Crippen molar-refractivity contribution in [2.45, 2.75) is 6.92 Å². The second kappa shape index (κ2) is 6.48. The molecule has 4 heteroatoms. The predicted molar refractivity (Wildman–Crippen MR) is 83.2 cm³/mol. The monoisotopic (exact) mass is 331 g/mol. The van der Waals surface area contributed by atoms with Gasteiger partial charge >= 0.3 is 0 Å². The number of halogens is 1. The van der Waals surface area contributed by atoms with E-state index in [9.17, 15) is 4.79 Å². The first kappa shape index (κ1) is 14.5. The van der Waals surface area contributed by atoms with E-state index in [-0.39, 0.29) is 5.78 Å². The van der Waals surface area contributed by atoms with Crippen molar-refractivity contribution >= 4 is 27.4 Å². The van der Waals surface area contributed by atoms with E-state index in [1.54, 1.807) is 18.2 Å². The highest BCUT2D eigenvalue weighted by molar-refractivity contribution is 9.10. The highest BCUT2D eigenvalue weighted by Crippen LogP contribution is 2.18. The van der Waals surface area contributed by atoms with Gasteiger partial charge in [-0.15, -0.1) is 0 Å². The van der Waals surface area contributed by atoms with Crippen molar-refractivity contribution in [2.24, 2.45) is 5.16 Å². The zero-order chi connectivity index (χ0) is 14.5. The molecule has 0 unspecified atom stereocenters. The van der Waals surface area contributed by atoms with Crippen LogP contribution in [0.25, 0.3) is 0 Å². The first-order valence-electron chi connectivity index (χ1n) is 6.11. The summed E-state index contributed by atoms with van der Waals surface area (Å²) in [4.78, 5) is 17.4. The zero-order valence-corrected chi connectivity index (χ0v) is 12.8. The van der Waals surface area contributed by atoms with Crippen LogP contribution in [0, 0.1) is 0 Å². The zero-order valence-electron chi connectivity index (χ0n) is 11.3. The summed E-state index contributed by atoms with van der Waals surface area (Å²) in [5, 5.41) is 3.90. The number of carbonyl (C=O) groups excluding carboxylic acids is 1. The van der Waals surface area contributed by atoms with E-state index < -0.39 is 0 Å². The average molecular weight is 332 g/mol. The molecule has 3 nitrogen and oxygen atoms in total. The van der Waals surface area contributed by atoms with Crippen LogP contribution in [0.1, 0.15) is 28.4 Å². The summed E-state index contributed by atoms with van der Waals surface area (Å²) in [5.74, 6) is -0.0289. The predicted octanol–water partition coefficient (Wildman–Crippen LogP) is 4.05. The van der Waals surface area contributed by atoms with Gasteiger partial charge in [0.05, 0.1) is 5.71 Å². The minimum Gasteiger partial charge on any atom is -0.399 e. The maximum absolute atomic E-state index is 12.6. The fourth-order valence-electron chi connectivity index (χ4n) is 1.94. The second-order valence-corrected chi connectivity index (χ2v) is 5.16. The normalized spacial score (nSPS) is 11.2. The van der Waals surface area contributed by atoms with E-state index >= 15 is 0 Å². The molecular formula is C16H14BrNO2. The minimum absolute atomic E-state index is 0.0289. The molecule has 0 heterocycles.